The Kier molecular flexibility index (Phi) is 6.18. The summed E-state index contributed by atoms with van der Waals surface area (Å²) in [6, 6.07) is 6.44. The number of hydrogen-bond donors (Lipinski definition) is 1. The summed E-state index contributed by atoms with van der Waals surface area (Å²) in [5, 5.41) is 3.01. The highest BCUT2D eigenvalue weighted by Gasteiger charge is 2.54. The van der Waals surface area contributed by atoms with Gasteiger partial charge in [0.05, 0.1) is 13.2 Å². The molecule has 0 bridgehead atoms. The number of rotatable bonds is 5. The topological polar surface area (TPSA) is 82.2 Å². The number of piperidine rings is 2. The van der Waals surface area contributed by atoms with Crippen LogP contribution in [0.5, 0.6) is 5.75 Å². The van der Waals surface area contributed by atoms with E-state index in [1.54, 1.807) is 36.3 Å². The Morgan fingerprint density at radius 1 is 1.16 bits per heavy atom. The lowest BCUT2D eigenvalue weighted by molar-refractivity contribution is -0.135. The van der Waals surface area contributed by atoms with Crippen LogP contribution in [0.3, 0.4) is 0 Å². The molecule has 3 aliphatic rings. The molecule has 168 valence electrons. The summed E-state index contributed by atoms with van der Waals surface area (Å²) in [6.07, 6.45) is 3.87. The Balaban J connectivity index is 1.43. The molecule has 4 amide bonds. The van der Waals surface area contributed by atoms with Crippen molar-refractivity contribution >= 4 is 17.8 Å². The molecule has 8 nitrogen and oxygen atoms in total. The minimum absolute atomic E-state index is 0.0815. The van der Waals surface area contributed by atoms with Crippen molar-refractivity contribution in [3.63, 3.8) is 0 Å². The maximum Gasteiger partial charge on any atom is 0.325 e. The lowest BCUT2D eigenvalue weighted by atomic mass is 9.87. The van der Waals surface area contributed by atoms with Gasteiger partial charge < -0.3 is 19.9 Å². The van der Waals surface area contributed by atoms with Crippen molar-refractivity contribution in [2.45, 2.75) is 50.6 Å². The summed E-state index contributed by atoms with van der Waals surface area (Å²) in [7, 11) is 1.59. The molecule has 4 rings (SSSR count). The molecule has 8 heteroatoms. The number of ether oxygens (including phenoxy) is 1. The van der Waals surface area contributed by atoms with Crippen LogP contribution in [0.2, 0.25) is 0 Å². The van der Waals surface area contributed by atoms with Gasteiger partial charge in [-0.15, -0.1) is 0 Å². The van der Waals surface area contributed by atoms with E-state index in [0.717, 1.165) is 38.9 Å². The molecular weight excluding hydrogens is 396 g/mol. The summed E-state index contributed by atoms with van der Waals surface area (Å²) in [6.45, 7) is 5.81. The van der Waals surface area contributed by atoms with Gasteiger partial charge >= 0.3 is 6.03 Å². The molecule has 3 saturated heterocycles. The van der Waals surface area contributed by atoms with Crippen LogP contribution in [-0.4, -0.2) is 84.0 Å². The Morgan fingerprint density at radius 3 is 2.52 bits per heavy atom. The fourth-order valence-electron chi connectivity index (χ4n) is 5.05. The molecule has 1 atom stereocenters. The Morgan fingerprint density at radius 2 is 1.87 bits per heavy atom. The van der Waals surface area contributed by atoms with Crippen LogP contribution < -0.4 is 10.1 Å². The molecule has 1 N–H and O–H groups in total. The van der Waals surface area contributed by atoms with Gasteiger partial charge in [0.15, 0.2) is 0 Å². The van der Waals surface area contributed by atoms with Crippen LogP contribution in [0.1, 0.15) is 49.4 Å². The second-order valence-corrected chi connectivity index (χ2v) is 8.80. The number of likely N-dealkylation sites (tertiary alicyclic amines) is 2. The molecule has 1 aromatic carbocycles. The van der Waals surface area contributed by atoms with Crippen molar-refractivity contribution in [3.8, 4) is 5.75 Å². The SMILES string of the molecule is CCCN1CCC2(CC1)NC(=O)N([C@@H]1CCCN(C(=O)c3ccc(OC)cc3)C1)C2=O. The molecule has 0 unspecified atom stereocenters. The first kappa shape index (κ1) is 21.6. The summed E-state index contributed by atoms with van der Waals surface area (Å²) >= 11 is 0. The van der Waals surface area contributed by atoms with Crippen LogP contribution in [0.15, 0.2) is 24.3 Å². The Bertz CT molecular complexity index is 832. The third-order valence-electron chi connectivity index (χ3n) is 6.83. The highest BCUT2D eigenvalue weighted by molar-refractivity contribution is 6.07. The van der Waals surface area contributed by atoms with Crippen molar-refractivity contribution in [2.24, 2.45) is 0 Å². The zero-order valence-electron chi connectivity index (χ0n) is 18.4. The zero-order chi connectivity index (χ0) is 22.0. The van der Waals surface area contributed by atoms with Crippen LogP contribution >= 0.6 is 0 Å². The van der Waals surface area contributed by atoms with Gasteiger partial charge in [-0.1, -0.05) is 6.92 Å². The minimum Gasteiger partial charge on any atom is -0.497 e. The monoisotopic (exact) mass is 428 g/mol. The van der Waals surface area contributed by atoms with Gasteiger partial charge in [-0.25, -0.2) is 4.79 Å². The largest absolute Gasteiger partial charge is 0.497 e. The van der Waals surface area contributed by atoms with Gasteiger partial charge in [0.2, 0.25) is 0 Å². The van der Waals surface area contributed by atoms with Gasteiger partial charge in [0.1, 0.15) is 11.3 Å². The van der Waals surface area contributed by atoms with Crippen molar-refractivity contribution in [1.82, 2.24) is 20.0 Å². The van der Waals surface area contributed by atoms with E-state index in [1.165, 1.54) is 4.90 Å². The molecule has 3 heterocycles. The van der Waals surface area contributed by atoms with Crippen LogP contribution in [0, 0.1) is 0 Å². The average molecular weight is 429 g/mol. The first-order valence-corrected chi connectivity index (χ1v) is 11.3. The van der Waals surface area contributed by atoms with E-state index in [1.807, 2.05) is 0 Å². The molecule has 3 fully saturated rings. The van der Waals surface area contributed by atoms with Gasteiger partial charge in [-0.3, -0.25) is 14.5 Å². The number of amides is 4. The lowest BCUT2D eigenvalue weighted by Gasteiger charge is -2.39. The number of hydrogen-bond acceptors (Lipinski definition) is 5. The predicted octanol–water partition coefficient (Wildman–Crippen LogP) is 2.10. The third-order valence-corrected chi connectivity index (χ3v) is 6.83. The molecule has 0 saturated carbocycles. The quantitative estimate of drug-likeness (QED) is 0.727. The molecule has 3 aliphatic heterocycles. The summed E-state index contributed by atoms with van der Waals surface area (Å²) in [5.74, 6) is 0.502. The van der Waals surface area contributed by atoms with E-state index in [4.69, 9.17) is 4.74 Å². The number of nitrogens with one attached hydrogen (secondary N) is 1. The summed E-state index contributed by atoms with van der Waals surface area (Å²) < 4.78 is 5.16. The number of imide groups is 1. The maximum absolute atomic E-state index is 13.4. The fraction of sp³-hybridized carbons (Fsp3) is 0.609. The molecule has 0 aromatic heterocycles. The number of methoxy groups -OCH3 is 1. The van der Waals surface area contributed by atoms with Gasteiger partial charge in [-0.05, 0) is 62.9 Å². The molecule has 31 heavy (non-hydrogen) atoms. The van der Waals surface area contributed by atoms with Crippen LogP contribution in [0.4, 0.5) is 4.79 Å². The van der Waals surface area contributed by atoms with Crippen molar-refractivity contribution in [2.75, 3.05) is 39.8 Å². The number of carbonyl (C=O) groups excluding carboxylic acids is 3. The molecule has 0 aliphatic carbocycles. The second kappa shape index (κ2) is 8.86. The van der Waals surface area contributed by atoms with Gasteiger partial charge in [-0.2, -0.15) is 0 Å². The fourth-order valence-corrected chi connectivity index (χ4v) is 5.05. The van der Waals surface area contributed by atoms with Crippen LogP contribution in [0.25, 0.3) is 0 Å². The predicted molar refractivity (Wildman–Crippen MR) is 116 cm³/mol. The third kappa shape index (κ3) is 4.13. The molecule has 0 radical (unpaired) electrons. The number of benzene rings is 1. The first-order valence-electron chi connectivity index (χ1n) is 11.3. The van der Waals surface area contributed by atoms with E-state index in [-0.39, 0.29) is 23.9 Å². The Labute approximate surface area is 183 Å². The minimum atomic E-state index is -0.774. The molecule has 1 spiro atoms. The van der Waals surface area contributed by atoms with Gasteiger partial charge in [0, 0.05) is 31.7 Å². The highest BCUT2D eigenvalue weighted by Crippen LogP contribution is 2.32. The van der Waals surface area contributed by atoms with Crippen molar-refractivity contribution in [3.05, 3.63) is 29.8 Å². The zero-order valence-corrected chi connectivity index (χ0v) is 18.4. The van der Waals surface area contributed by atoms with Crippen LogP contribution in [-0.2, 0) is 4.79 Å². The van der Waals surface area contributed by atoms with Crippen molar-refractivity contribution in [1.29, 1.82) is 0 Å². The Hall–Kier alpha value is -2.61. The molecular formula is C23H32N4O4. The maximum atomic E-state index is 13.4. The normalized spacial score (nSPS) is 23.9. The summed E-state index contributed by atoms with van der Waals surface area (Å²) in [4.78, 5) is 44.7. The standard InChI is InChI=1S/C23H32N4O4/c1-3-12-25-14-10-23(11-15-25)21(29)27(22(30)24-23)18-5-4-13-26(16-18)20(28)17-6-8-19(31-2)9-7-17/h6-9,18H,3-5,10-16H2,1-2H3,(H,24,30)/t18-/m1/s1. The van der Waals surface area contributed by atoms with Gasteiger partial charge in [0.25, 0.3) is 11.8 Å². The number of carbonyl (C=O) groups is 3. The number of urea groups is 1. The van der Waals surface area contributed by atoms with E-state index in [2.05, 4.69) is 17.1 Å². The number of nitrogens with zero attached hydrogens (tertiary/aromatic N) is 3. The van der Waals surface area contributed by atoms with E-state index < -0.39 is 5.54 Å². The van der Waals surface area contributed by atoms with E-state index >= 15 is 0 Å². The first-order chi connectivity index (χ1) is 15.0. The lowest BCUT2D eigenvalue weighted by Crippen LogP contribution is -2.56. The highest BCUT2D eigenvalue weighted by atomic mass is 16.5. The molecule has 1 aromatic rings. The summed E-state index contributed by atoms with van der Waals surface area (Å²) in [5.41, 5.74) is -0.192. The van der Waals surface area contributed by atoms with Crippen molar-refractivity contribution < 1.29 is 19.1 Å². The average Bonchev–Trinajstić information content (AvgIpc) is 3.04. The van der Waals surface area contributed by atoms with E-state index in [9.17, 15) is 14.4 Å². The smallest absolute Gasteiger partial charge is 0.325 e. The second-order valence-electron chi connectivity index (χ2n) is 8.80. The van der Waals surface area contributed by atoms with E-state index in [0.29, 0.717) is 37.2 Å².